The van der Waals surface area contributed by atoms with Crippen LogP contribution in [0.2, 0.25) is 0 Å². The second kappa shape index (κ2) is 12.1. The van der Waals surface area contributed by atoms with E-state index in [0.29, 0.717) is 17.0 Å². The quantitative estimate of drug-likeness (QED) is 0.570. The molecule has 0 bridgehead atoms. The van der Waals surface area contributed by atoms with E-state index in [1.54, 1.807) is 35.5 Å². The fraction of sp³-hybridized carbons (Fsp3) is 0.520. The first-order chi connectivity index (χ1) is 16.6. The van der Waals surface area contributed by atoms with Crippen LogP contribution in [-0.4, -0.2) is 59.4 Å². The van der Waals surface area contributed by atoms with Crippen LogP contribution in [0.3, 0.4) is 0 Å². The smallest absolute Gasteiger partial charge is 0.261 e. The third-order valence-electron chi connectivity index (χ3n) is 6.40. The highest BCUT2D eigenvalue weighted by atomic mass is 32.1. The van der Waals surface area contributed by atoms with Gasteiger partial charge in [0, 0.05) is 37.2 Å². The number of amides is 3. The molecule has 8 nitrogen and oxygen atoms in total. The maximum absolute atomic E-state index is 13.6. The van der Waals surface area contributed by atoms with Crippen LogP contribution in [0.1, 0.15) is 66.2 Å². The lowest BCUT2D eigenvalue weighted by Gasteiger charge is -2.34. The molecule has 1 aliphatic heterocycles. The van der Waals surface area contributed by atoms with Gasteiger partial charge in [-0.05, 0) is 43.2 Å². The number of nitrogens with one attached hydrogen (secondary N) is 2. The maximum Gasteiger partial charge on any atom is 0.261 e. The molecule has 0 aromatic carbocycles. The summed E-state index contributed by atoms with van der Waals surface area (Å²) in [6, 6.07) is 6.36. The predicted octanol–water partition coefficient (Wildman–Crippen LogP) is 3.07. The SMILES string of the molecule is O=C(NCC(=O)N(C[C@@H]1CCCO1)[C@H](C(=O)NC1CCCCC1)c1cccnc1)c1cccs1. The lowest BCUT2D eigenvalue weighted by Crippen LogP contribution is -2.51. The summed E-state index contributed by atoms with van der Waals surface area (Å²) >= 11 is 1.32. The van der Waals surface area contributed by atoms with Crippen LogP contribution in [0, 0.1) is 0 Å². The summed E-state index contributed by atoms with van der Waals surface area (Å²) in [5.74, 6) is -0.839. The summed E-state index contributed by atoms with van der Waals surface area (Å²) in [5, 5.41) is 7.70. The number of carbonyl (C=O) groups excluding carboxylic acids is 3. The Bertz CT molecular complexity index is 941. The molecule has 0 spiro atoms. The van der Waals surface area contributed by atoms with Gasteiger partial charge in [-0.15, -0.1) is 11.3 Å². The molecule has 2 aliphatic rings. The molecule has 9 heteroatoms. The monoisotopic (exact) mass is 484 g/mol. The van der Waals surface area contributed by atoms with Crippen LogP contribution in [0.4, 0.5) is 0 Å². The van der Waals surface area contributed by atoms with Crippen LogP contribution < -0.4 is 10.6 Å². The minimum Gasteiger partial charge on any atom is -0.376 e. The molecular formula is C25H32N4O4S. The fourth-order valence-corrected chi connectivity index (χ4v) is 5.29. The van der Waals surface area contributed by atoms with Gasteiger partial charge < -0.3 is 20.3 Å². The average Bonchev–Trinajstić information content (AvgIpc) is 3.58. The highest BCUT2D eigenvalue weighted by Gasteiger charge is 2.35. The number of nitrogens with zero attached hydrogens (tertiary/aromatic N) is 2. The standard InChI is InChI=1S/C25H32N4O4S/c30-22(16-27-24(31)21-11-6-14-34-21)29(17-20-10-5-13-33-20)23(18-7-4-12-26-15-18)25(32)28-19-8-2-1-3-9-19/h4,6-7,11-12,14-15,19-20,23H,1-3,5,8-10,13,16-17H2,(H,27,31)(H,28,32)/t20-,23-/m0/s1. The van der Waals surface area contributed by atoms with E-state index < -0.39 is 6.04 Å². The lowest BCUT2D eigenvalue weighted by atomic mass is 9.94. The minimum absolute atomic E-state index is 0.110. The van der Waals surface area contributed by atoms with E-state index in [4.69, 9.17) is 4.74 Å². The Morgan fingerprint density at radius 3 is 2.65 bits per heavy atom. The van der Waals surface area contributed by atoms with Crippen molar-refractivity contribution in [2.45, 2.75) is 63.1 Å². The third kappa shape index (κ3) is 6.42. The van der Waals surface area contributed by atoms with Gasteiger partial charge in [-0.3, -0.25) is 19.4 Å². The fourth-order valence-electron chi connectivity index (χ4n) is 4.65. The molecule has 0 unspecified atom stereocenters. The second-order valence-corrected chi connectivity index (χ2v) is 9.82. The van der Waals surface area contributed by atoms with E-state index in [1.807, 2.05) is 11.4 Å². The Hall–Kier alpha value is -2.78. The molecule has 3 amide bonds. The van der Waals surface area contributed by atoms with Crippen molar-refractivity contribution in [1.29, 1.82) is 0 Å². The third-order valence-corrected chi connectivity index (χ3v) is 7.27. The van der Waals surface area contributed by atoms with Crippen molar-refractivity contribution in [2.75, 3.05) is 19.7 Å². The van der Waals surface area contributed by atoms with E-state index in [-0.39, 0.29) is 43.0 Å². The number of rotatable bonds is 9. The van der Waals surface area contributed by atoms with E-state index in [9.17, 15) is 14.4 Å². The van der Waals surface area contributed by atoms with Crippen molar-refractivity contribution in [3.05, 3.63) is 52.5 Å². The number of pyridine rings is 1. The second-order valence-electron chi connectivity index (χ2n) is 8.87. The molecule has 2 atom stereocenters. The van der Waals surface area contributed by atoms with E-state index >= 15 is 0 Å². The summed E-state index contributed by atoms with van der Waals surface area (Å²) in [6.07, 6.45) is 10.2. The van der Waals surface area contributed by atoms with Gasteiger partial charge in [0.25, 0.3) is 5.91 Å². The molecule has 1 aliphatic carbocycles. The number of aromatic nitrogens is 1. The molecule has 182 valence electrons. The van der Waals surface area contributed by atoms with Gasteiger partial charge in [0.05, 0.1) is 17.5 Å². The molecule has 2 N–H and O–H groups in total. The number of hydrogen-bond donors (Lipinski definition) is 2. The zero-order chi connectivity index (χ0) is 23.8. The molecule has 4 rings (SSSR count). The van der Waals surface area contributed by atoms with Crippen LogP contribution in [-0.2, 0) is 14.3 Å². The van der Waals surface area contributed by atoms with Gasteiger partial charge in [-0.1, -0.05) is 31.4 Å². The highest BCUT2D eigenvalue weighted by Crippen LogP contribution is 2.26. The van der Waals surface area contributed by atoms with Crippen molar-refractivity contribution in [2.24, 2.45) is 0 Å². The molecular weight excluding hydrogens is 452 g/mol. The molecule has 1 saturated carbocycles. The normalized spacial score (nSPS) is 19.4. The molecule has 2 aromatic heterocycles. The van der Waals surface area contributed by atoms with Crippen LogP contribution in [0.5, 0.6) is 0 Å². The number of thiophene rings is 1. The summed E-state index contributed by atoms with van der Waals surface area (Å²) in [7, 11) is 0. The summed E-state index contributed by atoms with van der Waals surface area (Å²) < 4.78 is 5.81. The van der Waals surface area contributed by atoms with Crippen LogP contribution in [0.25, 0.3) is 0 Å². The Kier molecular flexibility index (Phi) is 8.65. The summed E-state index contributed by atoms with van der Waals surface area (Å²) in [4.78, 5) is 45.8. The molecule has 1 saturated heterocycles. The van der Waals surface area contributed by atoms with Gasteiger partial charge in [-0.2, -0.15) is 0 Å². The first-order valence-corrected chi connectivity index (χ1v) is 12.9. The Morgan fingerprint density at radius 2 is 1.97 bits per heavy atom. The van der Waals surface area contributed by atoms with Crippen molar-refractivity contribution >= 4 is 29.1 Å². The number of hydrogen-bond acceptors (Lipinski definition) is 6. The maximum atomic E-state index is 13.6. The van der Waals surface area contributed by atoms with Crippen molar-refractivity contribution in [3.8, 4) is 0 Å². The zero-order valence-corrected chi connectivity index (χ0v) is 20.1. The zero-order valence-electron chi connectivity index (χ0n) is 19.3. The Morgan fingerprint density at radius 1 is 1.12 bits per heavy atom. The van der Waals surface area contributed by atoms with E-state index in [2.05, 4.69) is 15.6 Å². The lowest BCUT2D eigenvalue weighted by molar-refractivity contribution is -0.142. The van der Waals surface area contributed by atoms with Gasteiger partial charge in [0.1, 0.15) is 6.04 Å². The molecule has 0 radical (unpaired) electrons. The summed E-state index contributed by atoms with van der Waals surface area (Å²) in [5.41, 5.74) is 0.645. The van der Waals surface area contributed by atoms with Gasteiger partial charge in [0.2, 0.25) is 11.8 Å². The average molecular weight is 485 g/mol. The van der Waals surface area contributed by atoms with Crippen LogP contribution in [0.15, 0.2) is 42.0 Å². The molecule has 2 aromatic rings. The topological polar surface area (TPSA) is 101 Å². The summed E-state index contributed by atoms with van der Waals surface area (Å²) in [6.45, 7) is 0.732. The first-order valence-electron chi connectivity index (χ1n) is 12.0. The Labute approximate surface area is 204 Å². The minimum atomic E-state index is -0.842. The van der Waals surface area contributed by atoms with Crippen molar-refractivity contribution in [1.82, 2.24) is 20.5 Å². The van der Waals surface area contributed by atoms with Crippen molar-refractivity contribution < 1.29 is 19.1 Å². The van der Waals surface area contributed by atoms with Gasteiger partial charge in [0.15, 0.2) is 0 Å². The first kappa shape index (κ1) is 24.3. The van der Waals surface area contributed by atoms with E-state index in [1.165, 1.54) is 17.8 Å². The van der Waals surface area contributed by atoms with Crippen molar-refractivity contribution in [3.63, 3.8) is 0 Å². The predicted molar refractivity (Wildman–Crippen MR) is 129 cm³/mol. The van der Waals surface area contributed by atoms with E-state index in [0.717, 1.165) is 38.5 Å². The number of ether oxygens (including phenoxy) is 1. The number of carbonyl (C=O) groups is 3. The molecule has 3 heterocycles. The largest absolute Gasteiger partial charge is 0.376 e. The highest BCUT2D eigenvalue weighted by molar-refractivity contribution is 7.12. The van der Waals surface area contributed by atoms with Gasteiger partial charge in [-0.25, -0.2) is 0 Å². The Balaban J connectivity index is 1.55. The van der Waals surface area contributed by atoms with Crippen LogP contribution >= 0.6 is 11.3 Å². The van der Waals surface area contributed by atoms with Gasteiger partial charge >= 0.3 is 0 Å². The molecule has 2 fully saturated rings. The molecule has 34 heavy (non-hydrogen) atoms.